The van der Waals surface area contributed by atoms with Crippen molar-refractivity contribution >= 4 is 22.2 Å². The van der Waals surface area contributed by atoms with Crippen LogP contribution >= 0.6 is 0 Å². The molecule has 20 heavy (non-hydrogen) atoms. The topological polar surface area (TPSA) is 118 Å². The lowest BCUT2D eigenvalue weighted by Crippen LogP contribution is -2.17. The quantitative estimate of drug-likeness (QED) is 0.393. The Morgan fingerprint density at radius 1 is 1.40 bits per heavy atom. The first-order chi connectivity index (χ1) is 9.29. The molecule has 0 spiro atoms. The SMILES string of the molecule is O=C(O)CC1CCC(=O)C1C/C=C/CCOS(=O)(=O)O. The third kappa shape index (κ3) is 6.27. The Morgan fingerprint density at radius 2 is 2.10 bits per heavy atom. The van der Waals surface area contributed by atoms with Gasteiger partial charge >= 0.3 is 16.4 Å². The lowest BCUT2D eigenvalue weighted by molar-refractivity contribution is -0.138. The zero-order valence-corrected chi connectivity index (χ0v) is 11.7. The molecule has 0 bridgehead atoms. The zero-order valence-electron chi connectivity index (χ0n) is 10.9. The molecule has 1 fully saturated rings. The largest absolute Gasteiger partial charge is 0.481 e. The molecule has 2 N–H and O–H groups in total. The lowest BCUT2D eigenvalue weighted by atomic mass is 9.89. The average molecular weight is 306 g/mol. The van der Waals surface area contributed by atoms with Crippen LogP contribution < -0.4 is 0 Å². The standard InChI is InChI=1S/C12H18O7S/c13-11-6-5-9(8-12(14)15)10(11)4-2-1-3-7-19-20(16,17)18/h1-2,9-10H,3-8H2,(H,14,15)(H,16,17,18)/b2-1+. The molecule has 8 heteroatoms. The molecule has 0 amide bonds. The van der Waals surface area contributed by atoms with E-state index < -0.39 is 16.4 Å². The Balaban J connectivity index is 2.35. The number of carboxylic acid groups (broad SMARTS) is 1. The van der Waals surface area contributed by atoms with Gasteiger partial charge < -0.3 is 5.11 Å². The molecule has 0 saturated heterocycles. The van der Waals surface area contributed by atoms with Crippen molar-refractivity contribution in [3.63, 3.8) is 0 Å². The van der Waals surface area contributed by atoms with Crippen LogP contribution in [-0.2, 0) is 24.2 Å². The maximum Gasteiger partial charge on any atom is 0.397 e. The van der Waals surface area contributed by atoms with Crippen molar-refractivity contribution in [2.45, 2.75) is 32.1 Å². The number of ketones is 1. The van der Waals surface area contributed by atoms with Crippen LogP contribution in [0.1, 0.15) is 32.1 Å². The monoisotopic (exact) mass is 306 g/mol. The van der Waals surface area contributed by atoms with E-state index in [2.05, 4.69) is 4.18 Å². The highest BCUT2D eigenvalue weighted by Gasteiger charge is 2.34. The fraction of sp³-hybridized carbons (Fsp3) is 0.667. The summed E-state index contributed by atoms with van der Waals surface area (Å²) in [7, 11) is -4.41. The van der Waals surface area contributed by atoms with E-state index in [9.17, 15) is 18.0 Å². The van der Waals surface area contributed by atoms with Gasteiger partial charge in [-0.05, 0) is 25.2 Å². The fourth-order valence-corrected chi connectivity index (χ4v) is 2.66. The van der Waals surface area contributed by atoms with Crippen molar-refractivity contribution in [2.75, 3.05) is 6.61 Å². The summed E-state index contributed by atoms with van der Waals surface area (Å²) in [4.78, 5) is 22.3. The summed E-state index contributed by atoms with van der Waals surface area (Å²) in [6.07, 6.45) is 5.12. The molecule has 1 saturated carbocycles. The number of Topliss-reactive ketones (excluding diaryl/α,β-unsaturated/α-hetero) is 1. The van der Waals surface area contributed by atoms with Gasteiger partial charge in [0.15, 0.2) is 0 Å². The predicted molar refractivity (Wildman–Crippen MR) is 69.3 cm³/mol. The van der Waals surface area contributed by atoms with Crippen LogP contribution in [0.3, 0.4) is 0 Å². The second kappa shape index (κ2) is 7.51. The van der Waals surface area contributed by atoms with Crippen LogP contribution in [0, 0.1) is 11.8 Å². The van der Waals surface area contributed by atoms with Gasteiger partial charge in [0.2, 0.25) is 0 Å². The van der Waals surface area contributed by atoms with E-state index in [-0.39, 0.29) is 37.1 Å². The Hall–Kier alpha value is -1.25. The molecule has 2 atom stereocenters. The van der Waals surface area contributed by atoms with Crippen molar-refractivity contribution < 1.29 is 31.8 Å². The van der Waals surface area contributed by atoms with Crippen molar-refractivity contribution in [2.24, 2.45) is 11.8 Å². The van der Waals surface area contributed by atoms with Gasteiger partial charge in [0, 0.05) is 18.8 Å². The Labute approximate surface area is 117 Å². The molecular formula is C12H18O7S. The maximum absolute atomic E-state index is 11.7. The number of carbonyl (C=O) groups is 2. The minimum atomic E-state index is -4.41. The van der Waals surface area contributed by atoms with Gasteiger partial charge in [0.1, 0.15) is 5.78 Å². The molecule has 0 aliphatic heterocycles. The minimum Gasteiger partial charge on any atom is -0.481 e. The van der Waals surface area contributed by atoms with Crippen molar-refractivity contribution in [1.29, 1.82) is 0 Å². The molecule has 1 rings (SSSR count). The van der Waals surface area contributed by atoms with Crippen LogP contribution in [0.5, 0.6) is 0 Å². The summed E-state index contributed by atoms with van der Waals surface area (Å²) in [5.74, 6) is -1.22. The number of hydrogen-bond donors (Lipinski definition) is 2. The van der Waals surface area contributed by atoms with Crippen LogP contribution in [0.4, 0.5) is 0 Å². The van der Waals surface area contributed by atoms with Gasteiger partial charge in [-0.15, -0.1) is 0 Å². The van der Waals surface area contributed by atoms with Crippen LogP contribution in [0.25, 0.3) is 0 Å². The maximum atomic E-state index is 11.7. The Morgan fingerprint density at radius 3 is 2.70 bits per heavy atom. The van der Waals surface area contributed by atoms with E-state index in [1.54, 1.807) is 12.2 Å². The molecule has 7 nitrogen and oxygen atoms in total. The summed E-state index contributed by atoms with van der Waals surface area (Å²) in [5.41, 5.74) is 0. The molecule has 0 aromatic heterocycles. The molecule has 2 unspecified atom stereocenters. The first kappa shape index (κ1) is 16.8. The van der Waals surface area contributed by atoms with Gasteiger partial charge in [-0.1, -0.05) is 12.2 Å². The van der Waals surface area contributed by atoms with Gasteiger partial charge in [-0.3, -0.25) is 14.1 Å². The third-order valence-electron chi connectivity index (χ3n) is 3.25. The number of aliphatic carboxylic acids is 1. The van der Waals surface area contributed by atoms with Gasteiger partial charge in [-0.25, -0.2) is 4.18 Å². The normalized spacial score (nSPS) is 23.6. The third-order valence-corrected chi connectivity index (χ3v) is 3.72. The van der Waals surface area contributed by atoms with Crippen LogP contribution in [-0.4, -0.2) is 36.4 Å². The average Bonchev–Trinajstić information content (AvgIpc) is 2.63. The molecule has 0 aromatic rings. The van der Waals surface area contributed by atoms with Gasteiger partial charge in [0.25, 0.3) is 0 Å². The summed E-state index contributed by atoms with van der Waals surface area (Å²) in [6.45, 7) is -0.174. The highest BCUT2D eigenvalue weighted by atomic mass is 32.3. The molecule has 0 heterocycles. The summed E-state index contributed by atoms with van der Waals surface area (Å²) < 4.78 is 33.0. The van der Waals surface area contributed by atoms with E-state index >= 15 is 0 Å². The first-order valence-electron chi connectivity index (χ1n) is 6.31. The fourth-order valence-electron chi connectivity index (χ4n) is 2.35. The highest BCUT2D eigenvalue weighted by molar-refractivity contribution is 7.80. The second-order valence-electron chi connectivity index (χ2n) is 4.71. The minimum absolute atomic E-state index is 0.00386. The second-order valence-corrected chi connectivity index (χ2v) is 5.81. The van der Waals surface area contributed by atoms with Crippen molar-refractivity contribution in [1.82, 2.24) is 0 Å². The Bertz CT molecular complexity index is 480. The first-order valence-corrected chi connectivity index (χ1v) is 7.67. The molecular weight excluding hydrogens is 288 g/mol. The van der Waals surface area contributed by atoms with Gasteiger partial charge in [-0.2, -0.15) is 8.42 Å². The number of rotatable bonds is 8. The van der Waals surface area contributed by atoms with E-state index in [4.69, 9.17) is 9.66 Å². The predicted octanol–water partition coefficient (Wildman–Crippen LogP) is 1.21. The molecule has 1 aliphatic carbocycles. The highest BCUT2D eigenvalue weighted by Crippen LogP contribution is 2.33. The molecule has 0 radical (unpaired) electrons. The number of carboxylic acids is 1. The smallest absolute Gasteiger partial charge is 0.397 e. The van der Waals surface area contributed by atoms with Crippen LogP contribution in [0.15, 0.2) is 12.2 Å². The number of carbonyl (C=O) groups excluding carboxylic acids is 1. The number of allylic oxidation sites excluding steroid dienone is 1. The molecule has 1 aliphatic rings. The van der Waals surface area contributed by atoms with E-state index in [0.29, 0.717) is 19.3 Å². The number of hydrogen-bond acceptors (Lipinski definition) is 5. The van der Waals surface area contributed by atoms with E-state index in [0.717, 1.165) is 0 Å². The van der Waals surface area contributed by atoms with Crippen molar-refractivity contribution in [3.05, 3.63) is 12.2 Å². The summed E-state index contributed by atoms with van der Waals surface area (Å²) in [6, 6.07) is 0. The Kier molecular flexibility index (Phi) is 6.31. The van der Waals surface area contributed by atoms with Crippen LogP contribution in [0.2, 0.25) is 0 Å². The lowest BCUT2D eigenvalue weighted by Gasteiger charge is -2.14. The van der Waals surface area contributed by atoms with Gasteiger partial charge in [0.05, 0.1) is 6.61 Å². The van der Waals surface area contributed by atoms with E-state index in [1.807, 2.05) is 0 Å². The summed E-state index contributed by atoms with van der Waals surface area (Å²) >= 11 is 0. The van der Waals surface area contributed by atoms with Crippen molar-refractivity contribution in [3.8, 4) is 0 Å². The molecule has 114 valence electrons. The zero-order chi connectivity index (χ0) is 15.2. The molecule has 0 aromatic carbocycles. The van der Waals surface area contributed by atoms with E-state index in [1.165, 1.54) is 0 Å². The summed E-state index contributed by atoms with van der Waals surface area (Å²) in [5, 5.41) is 8.77.